The zero-order valence-corrected chi connectivity index (χ0v) is 58.4. The van der Waals surface area contributed by atoms with Crippen LogP contribution in [0.5, 0.6) is 17.2 Å². The van der Waals surface area contributed by atoms with Crippen molar-refractivity contribution in [3.63, 3.8) is 0 Å². The van der Waals surface area contributed by atoms with E-state index in [1.165, 1.54) is 31.4 Å². The molecule has 2 aromatic carbocycles. The molecule has 22 heterocycles. The summed E-state index contributed by atoms with van der Waals surface area (Å²) >= 11 is 1.56. The van der Waals surface area contributed by atoms with E-state index >= 15 is 0 Å². The molecule has 1 amide bonds. The predicted molar refractivity (Wildman–Crippen MR) is 350 cm³/mol. The van der Waals surface area contributed by atoms with Crippen molar-refractivity contribution in [2.45, 2.75) is 234 Å². The fraction of sp³-hybridized carbons (Fsp3) is 0.734. The van der Waals surface area contributed by atoms with E-state index in [1.807, 2.05) is 6.26 Å². The summed E-state index contributed by atoms with van der Waals surface area (Å²) in [7, 11) is 0. The van der Waals surface area contributed by atoms with E-state index in [1.54, 1.807) is 23.9 Å². The summed E-state index contributed by atoms with van der Waals surface area (Å²) in [6, 6.07) is 7.66. The number of thioether (sulfide) groups is 1. The number of phenolic OH excluding ortho intramolecular Hbond substituents is 3. The number of hydrogen-bond acceptors (Lipinski definition) is 43. The maximum Gasteiger partial charge on any atom is 0.326 e. The minimum absolute atomic E-state index is 0.00775. The van der Waals surface area contributed by atoms with Gasteiger partial charge in [0.25, 0.3) is 0 Å². The average Bonchev–Trinajstić information content (AvgIpc) is 0.818. The molecule has 21 saturated heterocycles. The number of benzene rings is 2. The molecule has 0 aliphatic carbocycles. The van der Waals surface area contributed by atoms with E-state index in [-0.39, 0.29) is 39.7 Å². The number of aliphatic hydroxyl groups excluding tert-OH is 21. The maximum absolute atomic E-state index is 12.4. The van der Waals surface area contributed by atoms with Crippen molar-refractivity contribution in [2.24, 2.45) is 0 Å². The molecule has 618 valence electrons. The van der Waals surface area contributed by atoms with Crippen LogP contribution in [0.2, 0.25) is 0 Å². The number of phenols is 3. The number of amides is 1. The molecule has 21 fully saturated rings. The minimum atomic E-state index is -2.21. The van der Waals surface area contributed by atoms with Crippen molar-refractivity contribution in [3.8, 4) is 28.4 Å². The molecular formula is C64H93NO43S. The minimum Gasteiger partial charge on any atom is -0.508 e. The highest BCUT2D eigenvalue weighted by Crippen LogP contribution is 2.40. The van der Waals surface area contributed by atoms with Crippen LogP contribution in [0.3, 0.4) is 0 Å². The number of carbonyl (C=O) groups excluding carboxylic acids is 1. The summed E-state index contributed by atoms with van der Waals surface area (Å²) in [5.41, 5.74) is 0.522. The fourth-order valence-corrected chi connectivity index (χ4v) is 13.7. The highest BCUT2D eigenvalue weighted by atomic mass is 32.2. The summed E-state index contributed by atoms with van der Waals surface area (Å²) in [6.45, 7) is -6.01. The number of carboxylic acid groups (broad SMARTS) is 1. The zero-order valence-electron chi connectivity index (χ0n) is 57.6. The Labute approximate surface area is 619 Å². The van der Waals surface area contributed by atoms with E-state index in [2.05, 4.69) is 5.32 Å². The van der Waals surface area contributed by atoms with Crippen molar-refractivity contribution in [3.05, 3.63) is 52.9 Å². The van der Waals surface area contributed by atoms with Gasteiger partial charge in [0.05, 0.1) is 51.8 Å². The first-order chi connectivity index (χ1) is 51.8. The number of aliphatic hydroxyl groups is 21. The van der Waals surface area contributed by atoms with Crippen molar-refractivity contribution < 1.29 is 208 Å². The van der Waals surface area contributed by atoms with Crippen LogP contribution in [-0.4, -0.2) is 419 Å². The van der Waals surface area contributed by atoms with Gasteiger partial charge in [-0.05, 0) is 36.1 Å². The molecular weight excluding hydrogens is 1500 g/mol. The number of fused-ring (bicyclic) bond motifs is 1. The summed E-state index contributed by atoms with van der Waals surface area (Å²) in [5.74, 6) is -0.976. The number of nitrogens with one attached hydrogen (secondary N) is 1. The second kappa shape index (κ2) is 38.8. The first-order valence-corrected chi connectivity index (χ1v) is 35.4. The topological polar surface area (TPSA) is 711 Å². The molecule has 1 aromatic heterocycles. The summed E-state index contributed by atoms with van der Waals surface area (Å²) in [6.07, 6.45) is -66.6. The van der Waals surface area contributed by atoms with Crippen LogP contribution >= 0.6 is 11.8 Å². The molecule has 21 aliphatic rings. The molecule has 26 N–H and O–H groups in total. The van der Waals surface area contributed by atoms with Crippen LogP contribution in [0.25, 0.3) is 22.1 Å². The Morgan fingerprint density at radius 3 is 0.899 bits per heavy atom. The van der Waals surface area contributed by atoms with Gasteiger partial charge in [-0.25, -0.2) is 4.79 Å². The number of ether oxygens (including phenoxy) is 14. The van der Waals surface area contributed by atoms with E-state index < -0.39 is 279 Å². The highest BCUT2D eigenvalue weighted by Gasteiger charge is 2.60. The van der Waals surface area contributed by atoms with Gasteiger partial charge < -0.3 is 204 Å². The third kappa shape index (κ3) is 19.5. The number of aromatic hydroxyl groups is 3. The monoisotopic (exact) mass is 1600 g/mol. The Kier molecular flexibility index (Phi) is 31.3. The number of carboxylic acids is 1. The Morgan fingerprint density at radius 2 is 0.670 bits per heavy atom. The standard InChI is InChI=1S/C42H70O35.C15H10O5.C7H13NO3S/c43-1-8-29-15(50)22(57)36(64-8)72-30-9(2-44)66-38(24(59)17(30)52)74-32-11(4-46)68-40(26(61)19(32)54)76-34-13(6-48)70-42(28(63)21(34)56)77-35-14(7-49)69-41(27(62)20(35)55)75-33-12(5-47)67-39(25(60)18(33)53)73-31-10(3-45)65-37(71-29)23(58)16(31)51;16-9-3-1-8(2-4-9)11-7-20-13-6-10(17)5-12(18)14(13)15(11)19;1-5(9)8-6(7(10)11)3-4-12-2/h8-63H,1-7H2;1-7,16-18H;6H,3-4H2,1-2H3,(H,8,9)(H,10,11)/t8-,9-,10-,11-,12-,13-,14-,15-,16-,17-,18-,19-,20-,21-,22-,23-,24-,25-,26-,27-,28-,29-,30-,31-,32-,33-,34-,35-,36-,37-,38-,39-,40-,41-,42-;;6-/m1.0/s1. The average molecular weight is 1600 g/mol. The van der Waals surface area contributed by atoms with E-state index in [9.17, 15) is 137 Å². The molecule has 14 bridgehead atoms. The SMILES string of the molecule is CSCC[C@H](NC(C)=O)C(=O)O.O=c1c(-c2ccc(O)cc2)coc2cc(O)cc(O)c12.OC[C@H]1O[C@@H]2O[C@H]3[C@H](O)[C@@H](O)[C@@H](O[C@H]4[C@H](O)[C@@H](O)[C@@H](O[C@H]5[C@H](O)[C@@H](O)[C@@H](O[C@H]6[C@H](O)[C@@H](O)[C@@H](O[C@H]7[C@H](O)[C@@H](O)[C@@H](O[C@H]8[C@H](O)[C@@H](O)[C@@H](O[C@H]1[C@H](O)[C@H]2O)O[C@@H]8CO)O[C@@H]7CO)O[C@@H]6CO)O[C@@H]5CO)O[C@@H]4CO)O[C@@H]3CO. The van der Waals surface area contributed by atoms with Gasteiger partial charge in [-0.15, -0.1) is 0 Å². The molecule has 109 heavy (non-hydrogen) atoms. The second-order valence-corrected chi connectivity index (χ2v) is 27.4. The number of hydrogen-bond donors (Lipinski definition) is 26. The fourth-order valence-electron chi connectivity index (χ4n) is 13.2. The van der Waals surface area contributed by atoms with Gasteiger partial charge in [0.1, 0.15) is 211 Å². The van der Waals surface area contributed by atoms with Gasteiger partial charge in [0, 0.05) is 19.1 Å². The quantitative estimate of drug-likeness (QED) is 0.0756. The van der Waals surface area contributed by atoms with E-state index in [0.29, 0.717) is 12.0 Å². The zero-order chi connectivity index (χ0) is 79.9. The molecule has 0 radical (unpaired) electrons. The highest BCUT2D eigenvalue weighted by molar-refractivity contribution is 7.98. The summed E-state index contributed by atoms with van der Waals surface area (Å²) in [4.78, 5) is 33.4. The van der Waals surface area contributed by atoms with Gasteiger partial charge in [0.2, 0.25) is 11.3 Å². The van der Waals surface area contributed by atoms with Crippen LogP contribution < -0.4 is 10.7 Å². The van der Waals surface area contributed by atoms with Crippen LogP contribution in [-0.2, 0) is 75.9 Å². The molecule has 24 rings (SSSR count). The van der Waals surface area contributed by atoms with Crippen molar-refractivity contribution >= 4 is 34.6 Å². The summed E-state index contributed by atoms with van der Waals surface area (Å²) in [5, 5.41) is 270. The molecule has 44 nitrogen and oxygen atoms in total. The summed E-state index contributed by atoms with van der Waals surface area (Å²) < 4.78 is 84.7. The van der Waals surface area contributed by atoms with Crippen molar-refractivity contribution in [1.29, 1.82) is 0 Å². The molecule has 0 unspecified atom stereocenters. The maximum atomic E-state index is 12.4. The predicted octanol–water partition coefficient (Wildman–Crippen LogP) is -12.3. The van der Waals surface area contributed by atoms with Gasteiger partial charge in [-0.2, -0.15) is 11.8 Å². The normalized spacial score (nSPS) is 42.4. The van der Waals surface area contributed by atoms with Crippen molar-refractivity contribution in [1.82, 2.24) is 5.32 Å². The number of aliphatic carboxylic acids is 1. The lowest BCUT2D eigenvalue weighted by molar-refractivity contribution is -0.396. The lowest BCUT2D eigenvalue weighted by Gasteiger charge is -2.50. The van der Waals surface area contributed by atoms with Gasteiger partial charge in [-0.3, -0.25) is 9.59 Å². The smallest absolute Gasteiger partial charge is 0.326 e. The lowest BCUT2D eigenvalue weighted by Crippen LogP contribution is -2.68. The Bertz CT molecular complexity index is 3060. The third-order valence-corrected chi connectivity index (χ3v) is 19.7. The third-order valence-electron chi connectivity index (χ3n) is 19.1. The van der Waals surface area contributed by atoms with Crippen LogP contribution in [0.15, 0.2) is 51.9 Å². The molecule has 3 aromatic rings. The number of carbonyl (C=O) groups is 2. The second-order valence-electron chi connectivity index (χ2n) is 26.4. The largest absolute Gasteiger partial charge is 0.508 e. The van der Waals surface area contributed by atoms with Gasteiger partial charge >= 0.3 is 5.97 Å². The first-order valence-electron chi connectivity index (χ1n) is 34.0. The Morgan fingerprint density at radius 1 is 0.404 bits per heavy atom. The molecule has 0 spiro atoms. The van der Waals surface area contributed by atoms with Crippen LogP contribution in [0.1, 0.15) is 13.3 Å². The van der Waals surface area contributed by atoms with Crippen LogP contribution in [0, 0.1) is 0 Å². The lowest BCUT2D eigenvalue weighted by atomic mass is 9.95. The Hall–Kier alpha value is -5.06. The van der Waals surface area contributed by atoms with E-state index in [0.717, 1.165) is 11.8 Å². The van der Waals surface area contributed by atoms with Gasteiger partial charge in [0.15, 0.2) is 44.0 Å². The van der Waals surface area contributed by atoms with E-state index in [4.69, 9.17) is 75.8 Å². The van der Waals surface area contributed by atoms with Crippen molar-refractivity contribution in [2.75, 3.05) is 58.3 Å². The first kappa shape index (κ1) is 87.9. The van der Waals surface area contributed by atoms with Gasteiger partial charge in [-0.1, -0.05) is 12.1 Å². The Balaban J connectivity index is 0.000000349. The van der Waals surface area contributed by atoms with Crippen LogP contribution in [0.4, 0.5) is 0 Å². The molecule has 21 aliphatic heterocycles. The molecule has 0 saturated carbocycles. The molecule has 45 heteroatoms. The molecule has 36 atom stereocenters. The number of rotatable bonds is 13.